The molecule has 1 unspecified atom stereocenters. The van der Waals surface area contributed by atoms with E-state index in [0.717, 1.165) is 58.9 Å². The molecule has 0 spiro atoms. The fourth-order valence-corrected chi connectivity index (χ4v) is 4.67. The normalized spacial score (nSPS) is 16.8. The number of rotatable bonds is 4. The number of carbonyl (C=O) groups is 1. The zero-order valence-corrected chi connectivity index (χ0v) is 18.3. The molecule has 1 N–H and O–H groups in total. The molecule has 4 aromatic rings. The van der Waals surface area contributed by atoms with E-state index in [4.69, 9.17) is 9.47 Å². The maximum atomic E-state index is 13.2. The molecule has 5 rings (SSSR count). The summed E-state index contributed by atoms with van der Waals surface area (Å²) in [5.41, 5.74) is 3.63. The molecule has 1 fully saturated rings. The number of hydrogen-bond acceptors (Lipinski definition) is 5. The summed E-state index contributed by atoms with van der Waals surface area (Å²) in [4.78, 5) is 27.4. The van der Waals surface area contributed by atoms with E-state index in [9.17, 15) is 4.79 Å². The predicted octanol–water partition coefficient (Wildman–Crippen LogP) is 4.54. The second-order valence-corrected chi connectivity index (χ2v) is 8.18. The van der Waals surface area contributed by atoms with Gasteiger partial charge in [-0.1, -0.05) is 0 Å². The maximum Gasteiger partial charge on any atom is 0.253 e. The van der Waals surface area contributed by atoms with Crippen molar-refractivity contribution in [1.82, 2.24) is 19.9 Å². The van der Waals surface area contributed by atoms with Crippen LogP contribution in [0.3, 0.4) is 0 Å². The molecule has 2 aromatic carbocycles. The van der Waals surface area contributed by atoms with Gasteiger partial charge in [-0.15, -0.1) is 0 Å². The van der Waals surface area contributed by atoms with Crippen LogP contribution in [0.4, 0.5) is 0 Å². The highest BCUT2D eigenvalue weighted by Gasteiger charge is 2.25. The Kier molecular flexibility index (Phi) is 5.39. The Hall–Kier alpha value is -3.61. The summed E-state index contributed by atoms with van der Waals surface area (Å²) >= 11 is 0. The van der Waals surface area contributed by atoms with Gasteiger partial charge in [0.15, 0.2) is 11.5 Å². The molecule has 1 aliphatic rings. The number of nitrogens with zero attached hydrogens (tertiary/aromatic N) is 3. The standard InChI is InChI=1S/C25H26N4O3/c1-31-22-13-19-21(14-23(22)32-2)27-15-28-24(19)16-4-3-10-29(11-8-16)25(30)18-5-6-20-17(12-18)7-9-26-20/h5-7,9,12-16,26H,3-4,8,10-11H2,1-2H3. The number of hydrogen-bond donors (Lipinski definition) is 1. The third kappa shape index (κ3) is 3.64. The first-order chi connectivity index (χ1) is 15.7. The first-order valence-corrected chi connectivity index (χ1v) is 10.9. The molecular weight excluding hydrogens is 404 g/mol. The smallest absolute Gasteiger partial charge is 0.253 e. The zero-order valence-electron chi connectivity index (χ0n) is 18.3. The van der Waals surface area contributed by atoms with Crippen LogP contribution in [-0.4, -0.2) is 53.1 Å². The molecule has 32 heavy (non-hydrogen) atoms. The molecule has 1 saturated heterocycles. The SMILES string of the molecule is COc1cc2ncnc(C3CCCN(C(=O)c4ccc5[nH]ccc5c4)CC3)c2cc1OC. The van der Waals surface area contributed by atoms with Crippen molar-refractivity contribution in [2.24, 2.45) is 0 Å². The molecule has 1 aliphatic heterocycles. The van der Waals surface area contributed by atoms with E-state index in [2.05, 4.69) is 15.0 Å². The quantitative estimate of drug-likeness (QED) is 0.514. The van der Waals surface area contributed by atoms with Crippen molar-refractivity contribution in [2.75, 3.05) is 27.3 Å². The molecule has 0 radical (unpaired) electrons. The van der Waals surface area contributed by atoms with E-state index in [1.807, 2.05) is 47.5 Å². The van der Waals surface area contributed by atoms with Crippen LogP contribution >= 0.6 is 0 Å². The lowest BCUT2D eigenvalue weighted by Crippen LogP contribution is -2.31. The van der Waals surface area contributed by atoms with E-state index < -0.39 is 0 Å². The third-order valence-electron chi connectivity index (χ3n) is 6.37. The number of carbonyl (C=O) groups excluding carboxylic acids is 1. The molecule has 7 heteroatoms. The maximum absolute atomic E-state index is 13.2. The highest BCUT2D eigenvalue weighted by Crippen LogP contribution is 2.36. The van der Waals surface area contributed by atoms with Gasteiger partial charge in [-0.3, -0.25) is 4.79 Å². The Labute approximate surface area is 186 Å². The van der Waals surface area contributed by atoms with E-state index in [0.29, 0.717) is 18.0 Å². The van der Waals surface area contributed by atoms with Crippen molar-refractivity contribution in [3.63, 3.8) is 0 Å². The van der Waals surface area contributed by atoms with Crippen LogP contribution in [0.1, 0.15) is 41.2 Å². The van der Waals surface area contributed by atoms with Crippen molar-refractivity contribution < 1.29 is 14.3 Å². The van der Waals surface area contributed by atoms with Crippen molar-refractivity contribution in [3.05, 3.63) is 60.2 Å². The first-order valence-electron chi connectivity index (χ1n) is 10.9. The summed E-state index contributed by atoms with van der Waals surface area (Å²) in [7, 11) is 3.25. The van der Waals surface area contributed by atoms with Gasteiger partial charge in [0.05, 0.1) is 25.4 Å². The van der Waals surface area contributed by atoms with E-state index in [1.165, 1.54) is 0 Å². The monoisotopic (exact) mass is 430 g/mol. The van der Waals surface area contributed by atoms with Gasteiger partial charge in [-0.25, -0.2) is 9.97 Å². The Bertz CT molecular complexity index is 1280. The lowest BCUT2D eigenvalue weighted by molar-refractivity contribution is 0.0761. The molecule has 1 atom stereocenters. The summed E-state index contributed by atoms with van der Waals surface area (Å²) in [5.74, 6) is 1.67. The highest BCUT2D eigenvalue weighted by atomic mass is 16.5. The van der Waals surface area contributed by atoms with Crippen LogP contribution in [0, 0.1) is 0 Å². The van der Waals surface area contributed by atoms with Crippen molar-refractivity contribution in [1.29, 1.82) is 0 Å². The van der Waals surface area contributed by atoms with E-state index in [-0.39, 0.29) is 11.8 Å². The van der Waals surface area contributed by atoms with Crippen LogP contribution < -0.4 is 9.47 Å². The lowest BCUT2D eigenvalue weighted by Gasteiger charge is -2.21. The van der Waals surface area contributed by atoms with Crippen LogP contribution in [-0.2, 0) is 0 Å². The van der Waals surface area contributed by atoms with Crippen LogP contribution in [0.5, 0.6) is 11.5 Å². The second kappa shape index (κ2) is 8.49. The van der Waals surface area contributed by atoms with Gasteiger partial charge in [0.1, 0.15) is 6.33 Å². The number of aromatic amines is 1. The van der Waals surface area contributed by atoms with Gasteiger partial charge in [-0.05, 0) is 49.6 Å². The number of ether oxygens (including phenoxy) is 2. The molecule has 3 heterocycles. The molecule has 0 bridgehead atoms. The largest absolute Gasteiger partial charge is 0.493 e. The van der Waals surface area contributed by atoms with E-state index >= 15 is 0 Å². The summed E-state index contributed by atoms with van der Waals surface area (Å²) in [5, 5.41) is 2.04. The highest BCUT2D eigenvalue weighted by molar-refractivity contribution is 5.98. The third-order valence-corrected chi connectivity index (χ3v) is 6.37. The Morgan fingerprint density at radius 3 is 2.72 bits per heavy atom. The Morgan fingerprint density at radius 2 is 1.88 bits per heavy atom. The average Bonchev–Trinajstić information content (AvgIpc) is 3.17. The van der Waals surface area contributed by atoms with Crippen LogP contribution in [0.2, 0.25) is 0 Å². The number of H-pyrrole nitrogens is 1. The number of amides is 1. The van der Waals surface area contributed by atoms with Gasteiger partial charge in [0.2, 0.25) is 0 Å². The van der Waals surface area contributed by atoms with Gasteiger partial charge in [0, 0.05) is 53.1 Å². The zero-order chi connectivity index (χ0) is 22.1. The fraction of sp³-hybridized carbons (Fsp3) is 0.320. The first kappa shape index (κ1) is 20.3. The number of nitrogens with one attached hydrogen (secondary N) is 1. The second-order valence-electron chi connectivity index (χ2n) is 8.18. The minimum absolute atomic E-state index is 0.0905. The van der Waals surface area contributed by atoms with Crippen LogP contribution in [0.15, 0.2) is 48.9 Å². The Balaban J connectivity index is 1.39. The average molecular weight is 431 g/mol. The van der Waals surface area contributed by atoms with E-state index in [1.54, 1.807) is 20.5 Å². The molecule has 0 aliphatic carbocycles. The van der Waals surface area contributed by atoms with Crippen molar-refractivity contribution >= 4 is 27.7 Å². The van der Waals surface area contributed by atoms with Gasteiger partial charge >= 0.3 is 0 Å². The number of fused-ring (bicyclic) bond motifs is 2. The number of benzene rings is 2. The summed E-state index contributed by atoms with van der Waals surface area (Å²) in [6.45, 7) is 1.45. The molecule has 1 amide bonds. The summed E-state index contributed by atoms with van der Waals surface area (Å²) < 4.78 is 10.9. The minimum Gasteiger partial charge on any atom is -0.493 e. The summed E-state index contributed by atoms with van der Waals surface area (Å²) in [6.07, 6.45) is 6.27. The summed E-state index contributed by atoms with van der Waals surface area (Å²) in [6, 6.07) is 11.7. The number of methoxy groups -OCH3 is 2. The van der Waals surface area contributed by atoms with Gasteiger partial charge in [-0.2, -0.15) is 0 Å². The molecule has 2 aromatic heterocycles. The topological polar surface area (TPSA) is 80.3 Å². The van der Waals surface area contributed by atoms with Gasteiger partial charge < -0.3 is 19.4 Å². The van der Waals surface area contributed by atoms with Crippen molar-refractivity contribution in [3.8, 4) is 11.5 Å². The number of likely N-dealkylation sites (tertiary alicyclic amines) is 1. The van der Waals surface area contributed by atoms with Gasteiger partial charge in [0.25, 0.3) is 5.91 Å². The Morgan fingerprint density at radius 1 is 1.03 bits per heavy atom. The fourth-order valence-electron chi connectivity index (χ4n) is 4.67. The molecular formula is C25H26N4O3. The number of aromatic nitrogens is 3. The lowest BCUT2D eigenvalue weighted by atomic mass is 9.93. The minimum atomic E-state index is 0.0905. The molecule has 164 valence electrons. The predicted molar refractivity (Wildman–Crippen MR) is 123 cm³/mol. The molecule has 0 saturated carbocycles. The van der Waals surface area contributed by atoms with Crippen LogP contribution in [0.25, 0.3) is 21.8 Å². The van der Waals surface area contributed by atoms with Crippen molar-refractivity contribution in [2.45, 2.75) is 25.2 Å². The molecule has 7 nitrogen and oxygen atoms in total.